The minimum absolute atomic E-state index is 0.849. The molecular formula is C17H16N2O. The van der Waals surface area contributed by atoms with Crippen LogP contribution in [-0.2, 0) is 0 Å². The van der Waals surface area contributed by atoms with E-state index in [2.05, 4.69) is 22.3 Å². The lowest BCUT2D eigenvalue weighted by molar-refractivity contribution is 0.415. The zero-order valence-electron chi connectivity index (χ0n) is 11.6. The lowest BCUT2D eigenvalue weighted by Gasteiger charge is -2.05. The van der Waals surface area contributed by atoms with Crippen molar-refractivity contribution >= 4 is 0 Å². The van der Waals surface area contributed by atoms with Crippen LogP contribution in [0.5, 0.6) is 5.75 Å². The maximum atomic E-state index is 5.20. The van der Waals surface area contributed by atoms with Gasteiger partial charge < -0.3 is 4.74 Å². The van der Waals surface area contributed by atoms with Crippen molar-refractivity contribution in [1.29, 1.82) is 0 Å². The summed E-state index contributed by atoms with van der Waals surface area (Å²) in [4.78, 5) is 0. The minimum atomic E-state index is 0.849. The SMILES string of the molecule is COc1ccc(-c2n[nH]c(C)c2-c2ccccc2)cc1. The number of ether oxygens (including phenoxy) is 1. The van der Waals surface area contributed by atoms with Gasteiger partial charge in [-0.05, 0) is 36.8 Å². The number of nitrogens with zero attached hydrogens (tertiary/aromatic N) is 1. The van der Waals surface area contributed by atoms with Crippen molar-refractivity contribution in [3.63, 3.8) is 0 Å². The molecule has 0 atom stereocenters. The van der Waals surface area contributed by atoms with Gasteiger partial charge in [-0.25, -0.2) is 0 Å². The molecule has 1 N–H and O–H groups in total. The average Bonchev–Trinajstić information content (AvgIpc) is 2.90. The molecule has 20 heavy (non-hydrogen) atoms. The predicted molar refractivity (Wildman–Crippen MR) is 80.7 cm³/mol. The van der Waals surface area contributed by atoms with Gasteiger partial charge in [0.05, 0.1) is 7.11 Å². The third-order valence-electron chi connectivity index (χ3n) is 3.37. The second-order valence-electron chi connectivity index (χ2n) is 4.67. The Kier molecular flexibility index (Phi) is 3.25. The molecular weight excluding hydrogens is 248 g/mol. The van der Waals surface area contributed by atoms with E-state index in [9.17, 15) is 0 Å². The molecule has 1 heterocycles. The second kappa shape index (κ2) is 5.21. The Balaban J connectivity index is 2.11. The van der Waals surface area contributed by atoms with E-state index in [1.807, 2.05) is 49.4 Å². The first-order valence-electron chi connectivity index (χ1n) is 6.54. The Morgan fingerprint density at radius 2 is 1.60 bits per heavy atom. The highest BCUT2D eigenvalue weighted by Crippen LogP contribution is 2.33. The number of aromatic amines is 1. The first kappa shape index (κ1) is 12.5. The Morgan fingerprint density at radius 1 is 0.900 bits per heavy atom. The standard InChI is InChI=1S/C17H16N2O/c1-12-16(13-6-4-3-5-7-13)17(19-18-12)14-8-10-15(20-2)11-9-14/h3-11H,1-2H3,(H,18,19). The van der Waals surface area contributed by atoms with Crippen molar-refractivity contribution in [3.8, 4) is 28.1 Å². The van der Waals surface area contributed by atoms with E-state index in [0.29, 0.717) is 0 Å². The number of benzene rings is 2. The highest BCUT2D eigenvalue weighted by Gasteiger charge is 2.13. The third-order valence-corrected chi connectivity index (χ3v) is 3.37. The van der Waals surface area contributed by atoms with Gasteiger partial charge in [-0.15, -0.1) is 0 Å². The normalized spacial score (nSPS) is 10.5. The van der Waals surface area contributed by atoms with Gasteiger partial charge >= 0.3 is 0 Å². The Morgan fingerprint density at radius 3 is 2.25 bits per heavy atom. The molecule has 0 bridgehead atoms. The quantitative estimate of drug-likeness (QED) is 0.774. The van der Waals surface area contributed by atoms with Crippen molar-refractivity contribution in [2.24, 2.45) is 0 Å². The maximum absolute atomic E-state index is 5.20. The van der Waals surface area contributed by atoms with Crippen molar-refractivity contribution in [1.82, 2.24) is 10.2 Å². The van der Waals surface area contributed by atoms with Gasteiger partial charge in [-0.1, -0.05) is 30.3 Å². The number of aryl methyl sites for hydroxylation is 1. The fourth-order valence-corrected chi connectivity index (χ4v) is 2.34. The van der Waals surface area contributed by atoms with Crippen LogP contribution in [0.25, 0.3) is 22.4 Å². The van der Waals surface area contributed by atoms with Crippen molar-refractivity contribution < 1.29 is 4.74 Å². The molecule has 100 valence electrons. The molecule has 0 saturated carbocycles. The van der Waals surface area contributed by atoms with Crippen LogP contribution in [0.3, 0.4) is 0 Å². The fourth-order valence-electron chi connectivity index (χ4n) is 2.34. The van der Waals surface area contributed by atoms with Gasteiger partial charge in [0.2, 0.25) is 0 Å². The van der Waals surface area contributed by atoms with Crippen molar-refractivity contribution in [2.75, 3.05) is 7.11 Å². The van der Waals surface area contributed by atoms with Gasteiger partial charge in [0, 0.05) is 16.8 Å². The van der Waals surface area contributed by atoms with Crippen LogP contribution in [-0.4, -0.2) is 17.3 Å². The van der Waals surface area contributed by atoms with Crippen LogP contribution in [0, 0.1) is 6.92 Å². The largest absolute Gasteiger partial charge is 0.497 e. The van der Waals surface area contributed by atoms with Crippen LogP contribution in [0.15, 0.2) is 54.6 Å². The van der Waals surface area contributed by atoms with Crippen LogP contribution in [0.4, 0.5) is 0 Å². The van der Waals surface area contributed by atoms with E-state index in [4.69, 9.17) is 4.74 Å². The lowest BCUT2D eigenvalue weighted by atomic mass is 9.99. The minimum Gasteiger partial charge on any atom is -0.497 e. The monoisotopic (exact) mass is 264 g/mol. The van der Waals surface area contributed by atoms with Gasteiger partial charge in [0.1, 0.15) is 11.4 Å². The Bertz CT molecular complexity index is 700. The second-order valence-corrected chi connectivity index (χ2v) is 4.67. The first-order chi connectivity index (χ1) is 9.79. The average molecular weight is 264 g/mol. The summed E-state index contributed by atoms with van der Waals surface area (Å²) in [6.07, 6.45) is 0. The van der Waals surface area contributed by atoms with E-state index >= 15 is 0 Å². The molecule has 0 saturated heterocycles. The van der Waals surface area contributed by atoms with E-state index in [1.165, 1.54) is 5.56 Å². The number of H-pyrrole nitrogens is 1. The molecule has 3 rings (SSSR count). The molecule has 2 aromatic carbocycles. The zero-order chi connectivity index (χ0) is 13.9. The topological polar surface area (TPSA) is 37.9 Å². The number of hydrogen-bond donors (Lipinski definition) is 1. The van der Waals surface area contributed by atoms with Crippen LogP contribution in [0.2, 0.25) is 0 Å². The van der Waals surface area contributed by atoms with Gasteiger partial charge in [0.25, 0.3) is 0 Å². The number of aromatic nitrogens is 2. The van der Waals surface area contributed by atoms with Crippen molar-refractivity contribution in [3.05, 3.63) is 60.3 Å². The molecule has 0 amide bonds. The third kappa shape index (κ3) is 2.18. The summed E-state index contributed by atoms with van der Waals surface area (Å²) in [6, 6.07) is 18.3. The summed E-state index contributed by atoms with van der Waals surface area (Å²) in [5.41, 5.74) is 5.44. The summed E-state index contributed by atoms with van der Waals surface area (Å²) < 4.78 is 5.20. The molecule has 0 aliphatic rings. The van der Waals surface area contributed by atoms with Crippen LogP contribution in [0.1, 0.15) is 5.69 Å². The van der Waals surface area contributed by atoms with E-state index in [0.717, 1.165) is 28.3 Å². The van der Waals surface area contributed by atoms with E-state index in [-0.39, 0.29) is 0 Å². The Labute approximate surface area is 118 Å². The molecule has 1 aromatic heterocycles. The highest BCUT2D eigenvalue weighted by molar-refractivity contribution is 5.82. The number of hydrogen-bond acceptors (Lipinski definition) is 2. The summed E-state index contributed by atoms with van der Waals surface area (Å²) in [7, 11) is 1.67. The van der Waals surface area contributed by atoms with Gasteiger partial charge in [-0.3, -0.25) is 5.10 Å². The molecule has 3 aromatic rings. The molecule has 0 aliphatic carbocycles. The van der Waals surface area contributed by atoms with Gasteiger partial charge in [-0.2, -0.15) is 5.10 Å². The molecule has 3 heteroatoms. The molecule has 3 nitrogen and oxygen atoms in total. The number of rotatable bonds is 3. The van der Waals surface area contributed by atoms with E-state index in [1.54, 1.807) is 7.11 Å². The molecule has 0 fully saturated rings. The number of nitrogens with one attached hydrogen (secondary N) is 1. The predicted octanol–water partition coefficient (Wildman–Crippen LogP) is 4.06. The molecule has 0 radical (unpaired) electrons. The smallest absolute Gasteiger partial charge is 0.118 e. The van der Waals surface area contributed by atoms with Crippen LogP contribution < -0.4 is 4.74 Å². The molecule has 0 spiro atoms. The summed E-state index contributed by atoms with van der Waals surface area (Å²) >= 11 is 0. The molecule has 0 unspecified atom stereocenters. The summed E-state index contributed by atoms with van der Waals surface area (Å²) in [5, 5.41) is 7.53. The van der Waals surface area contributed by atoms with Gasteiger partial charge in [0.15, 0.2) is 0 Å². The maximum Gasteiger partial charge on any atom is 0.118 e. The summed E-state index contributed by atoms with van der Waals surface area (Å²) in [6.45, 7) is 2.04. The van der Waals surface area contributed by atoms with E-state index < -0.39 is 0 Å². The highest BCUT2D eigenvalue weighted by atomic mass is 16.5. The fraction of sp³-hybridized carbons (Fsp3) is 0.118. The lowest BCUT2D eigenvalue weighted by Crippen LogP contribution is -1.85. The van der Waals surface area contributed by atoms with Crippen LogP contribution >= 0.6 is 0 Å². The number of methoxy groups -OCH3 is 1. The summed E-state index contributed by atoms with van der Waals surface area (Å²) in [5.74, 6) is 0.849. The first-order valence-corrected chi connectivity index (χ1v) is 6.54. The van der Waals surface area contributed by atoms with Crippen molar-refractivity contribution in [2.45, 2.75) is 6.92 Å². The Hall–Kier alpha value is -2.55. The molecule has 0 aliphatic heterocycles. The zero-order valence-corrected chi connectivity index (χ0v) is 11.6.